The molecular formula is C23H27FN6O2. The van der Waals surface area contributed by atoms with Crippen LogP contribution in [0.1, 0.15) is 54.6 Å². The monoisotopic (exact) mass is 438 g/mol. The van der Waals surface area contributed by atoms with E-state index in [4.69, 9.17) is 10.00 Å². The van der Waals surface area contributed by atoms with Gasteiger partial charge in [-0.2, -0.15) is 5.26 Å². The van der Waals surface area contributed by atoms with Crippen molar-refractivity contribution >= 4 is 12.0 Å². The molecule has 9 heteroatoms. The smallest absolute Gasteiger partial charge is 0.318 e. The maximum atomic E-state index is 13.7. The molecule has 1 atom stereocenters. The van der Waals surface area contributed by atoms with Crippen LogP contribution in [-0.2, 0) is 17.7 Å². The lowest BCUT2D eigenvalue weighted by atomic mass is 10.0. The van der Waals surface area contributed by atoms with Gasteiger partial charge in [-0.05, 0) is 48.9 Å². The van der Waals surface area contributed by atoms with Gasteiger partial charge in [-0.1, -0.05) is 13.0 Å². The first kappa shape index (κ1) is 22.0. The Bertz CT molecular complexity index is 1020. The molecule has 0 bridgehead atoms. The zero-order chi connectivity index (χ0) is 22.5. The number of halogens is 1. The maximum absolute atomic E-state index is 13.7. The van der Waals surface area contributed by atoms with Gasteiger partial charge in [-0.25, -0.2) is 19.2 Å². The van der Waals surface area contributed by atoms with Gasteiger partial charge in [-0.3, -0.25) is 0 Å². The number of nitriles is 1. The quantitative estimate of drug-likeness (QED) is 0.743. The van der Waals surface area contributed by atoms with Crippen LogP contribution in [0.3, 0.4) is 0 Å². The van der Waals surface area contributed by atoms with Crippen molar-refractivity contribution in [3.8, 4) is 6.07 Å². The van der Waals surface area contributed by atoms with Gasteiger partial charge >= 0.3 is 6.03 Å². The van der Waals surface area contributed by atoms with Crippen molar-refractivity contribution in [2.45, 2.75) is 51.2 Å². The fourth-order valence-corrected chi connectivity index (χ4v) is 4.08. The maximum Gasteiger partial charge on any atom is 0.318 e. The molecule has 8 nitrogen and oxygen atoms in total. The van der Waals surface area contributed by atoms with E-state index in [0.29, 0.717) is 43.5 Å². The van der Waals surface area contributed by atoms with E-state index in [1.807, 2.05) is 19.2 Å². The van der Waals surface area contributed by atoms with E-state index >= 15 is 0 Å². The summed E-state index contributed by atoms with van der Waals surface area (Å²) >= 11 is 0. The molecule has 2 aliphatic heterocycles. The third-order valence-corrected chi connectivity index (χ3v) is 6.01. The van der Waals surface area contributed by atoms with E-state index in [1.54, 1.807) is 11.0 Å². The molecule has 168 valence electrons. The summed E-state index contributed by atoms with van der Waals surface area (Å²) in [7, 11) is 0. The van der Waals surface area contributed by atoms with E-state index < -0.39 is 5.82 Å². The number of hydrogen-bond donors (Lipinski definition) is 2. The minimum atomic E-state index is -0.560. The number of fused-ring (bicyclic) bond motifs is 1. The van der Waals surface area contributed by atoms with Crippen LogP contribution < -0.4 is 10.6 Å². The van der Waals surface area contributed by atoms with E-state index in [9.17, 15) is 9.18 Å². The predicted molar refractivity (Wildman–Crippen MR) is 116 cm³/mol. The van der Waals surface area contributed by atoms with Crippen molar-refractivity contribution < 1.29 is 13.9 Å². The van der Waals surface area contributed by atoms with E-state index in [0.717, 1.165) is 37.3 Å². The van der Waals surface area contributed by atoms with Gasteiger partial charge in [0.05, 0.1) is 23.8 Å². The van der Waals surface area contributed by atoms with E-state index in [1.165, 1.54) is 12.1 Å². The lowest BCUT2D eigenvalue weighted by Crippen LogP contribution is -2.44. The molecule has 1 saturated heterocycles. The lowest BCUT2D eigenvalue weighted by molar-refractivity contribution is 0.0903. The van der Waals surface area contributed by atoms with Crippen molar-refractivity contribution in [3.63, 3.8) is 0 Å². The normalized spacial score (nSPS) is 17.2. The average molecular weight is 439 g/mol. The Morgan fingerprint density at radius 3 is 2.97 bits per heavy atom. The third kappa shape index (κ3) is 4.97. The highest BCUT2D eigenvalue weighted by Gasteiger charge is 2.25. The summed E-state index contributed by atoms with van der Waals surface area (Å²) in [6.07, 6.45) is 4.99. The Morgan fingerprint density at radius 2 is 2.22 bits per heavy atom. The summed E-state index contributed by atoms with van der Waals surface area (Å²) in [5.74, 6) is 0.0228. The third-order valence-electron chi connectivity index (χ3n) is 6.01. The SMILES string of the molecule is CCC(NC(=O)N1CCc2cnc(NC3CCOCC3)nc2C1)c1ccc(F)c(C#N)c1. The van der Waals surface area contributed by atoms with Crippen LogP contribution in [-0.4, -0.2) is 46.7 Å². The molecule has 3 heterocycles. The van der Waals surface area contributed by atoms with Crippen LogP contribution in [0, 0.1) is 17.1 Å². The number of urea groups is 1. The van der Waals surface area contributed by atoms with Crippen molar-refractivity contribution in [1.82, 2.24) is 20.2 Å². The Balaban J connectivity index is 1.42. The van der Waals surface area contributed by atoms with Crippen LogP contribution in [0.4, 0.5) is 15.1 Å². The topological polar surface area (TPSA) is 103 Å². The molecule has 1 unspecified atom stereocenters. The Labute approximate surface area is 186 Å². The number of hydrogen-bond acceptors (Lipinski definition) is 6. The summed E-state index contributed by atoms with van der Waals surface area (Å²) in [5.41, 5.74) is 2.58. The minimum absolute atomic E-state index is 0.0247. The first-order valence-corrected chi connectivity index (χ1v) is 11.0. The van der Waals surface area contributed by atoms with Crippen molar-refractivity contribution in [2.24, 2.45) is 0 Å². The molecule has 0 saturated carbocycles. The van der Waals surface area contributed by atoms with Crippen LogP contribution in [0.15, 0.2) is 24.4 Å². The Kier molecular flexibility index (Phi) is 6.81. The van der Waals surface area contributed by atoms with Gasteiger partial charge in [0, 0.05) is 32.0 Å². The van der Waals surface area contributed by atoms with Crippen LogP contribution in [0.2, 0.25) is 0 Å². The second-order valence-electron chi connectivity index (χ2n) is 8.13. The molecule has 2 aliphatic rings. The minimum Gasteiger partial charge on any atom is -0.381 e. The van der Waals surface area contributed by atoms with Gasteiger partial charge < -0.3 is 20.3 Å². The lowest BCUT2D eigenvalue weighted by Gasteiger charge is -2.30. The molecule has 1 aromatic carbocycles. The highest BCUT2D eigenvalue weighted by molar-refractivity contribution is 5.75. The van der Waals surface area contributed by atoms with Gasteiger partial charge in [0.1, 0.15) is 11.9 Å². The zero-order valence-electron chi connectivity index (χ0n) is 18.1. The average Bonchev–Trinajstić information content (AvgIpc) is 2.83. The van der Waals surface area contributed by atoms with Crippen LogP contribution in [0.5, 0.6) is 0 Å². The highest BCUT2D eigenvalue weighted by Crippen LogP contribution is 2.22. The molecule has 1 aromatic heterocycles. The van der Waals surface area contributed by atoms with E-state index in [-0.39, 0.29) is 17.6 Å². The number of carbonyl (C=O) groups is 1. The second-order valence-corrected chi connectivity index (χ2v) is 8.13. The predicted octanol–water partition coefficient (Wildman–Crippen LogP) is 3.30. The fraction of sp³-hybridized carbons (Fsp3) is 0.478. The zero-order valence-corrected chi connectivity index (χ0v) is 18.1. The number of benzene rings is 1. The van der Waals surface area contributed by atoms with Crippen molar-refractivity contribution in [2.75, 3.05) is 25.1 Å². The van der Waals surface area contributed by atoms with E-state index in [2.05, 4.69) is 20.6 Å². The molecular weight excluding hydrogens is 411 g/mol. The molecule has 0 radical (unpaired) electrons. The standard InChI is InChI=1S/C23H27FN6O2/c1-2-20(15-3-4-19(24)17(11-15)12-25)29-23(31)30-8-5-16-13-26-22(28-21(16)14-30)27-18-6-9-32-10-7-18/h3-4,11,13,18,20H,2,5-10,14H2,1H3,(H,29,31)(H,26,27,28). The molecule has 0 spiro atoms. The number of ether oxygens (including phenoxy) is 1. The summed E-state index contributed by atoms with van der Waals surface area (Å²) in [5, 5.41) is 15.5. The van der Waals surface area contributed by atoms with Gasteiger partial charge in [-0.15, -0.1) is 0 Å². The number of nitrogens with one attached hydrogen (secondary N) is 2. The first-order chi connectivity index (χ1) is 15.6. The Morgan fingerprint density at radius 1 is 1.41 bits per heavy atom. The van der Waals surface area contributed by atoms with Crippen molar-refractivity contribution in [1.29, 1.82) is 5.26 Å². The molecule has 1 fully saturated rings. The second kappa shape index (κ2) is 9.92. The van der Waals surface area contributed by atoms with Gasteiger partial charge in [0.2, 0.25) is 5.95 Å². The van der Waals surface area contributed by atoms with Crippen LogP contribution >= 0.6 is 0 Å². The van der Waals surface area contributed by atoms with Crippen LogP contribution in [0.25, 0.3) is 0 Å². The number of nitrogens with zero attached hydrogens (tertiary/aromatic N) is 4. The largest absolute Gasteiger partial charge is 0.381 e. The molecule has 2 aromatic rings. The summed E-state index contributed by atoms with van der Waals surface area (Å²) in [6, 6.07) is 6.00. The number of rotatable bonds is 5. The van der Waals surface area contributed by atoms with Gasteiger partial charge in [0.15, 0.2) is 0 Å². The van der Waals surface area contributed by atoms with Crippen molar-refractivity contribution in [3.05, 3.63) is 52.6 Å². The number of amides is 2. The van der Waals surface area contributed by atoms with Gasteiger partial charge in [0.25, 0.3) is 0 Å². The number of anilines is 1. The number of carbonyl (C=O) groups excluding carboxylic acids is 1. The summed E-state index contributed by atoms with van der Waals surface area (Å²) in [6.45, 7) is 4.37. The summed E-state index contributed by atoms with van der Waals surface area (Å²) in [4.78, 5) is 23.8. The summed E-state index contributed by atoms with van der Waals surface area (Å²) < 4.78 is 19.1. The Hall–Kier alpha value is -3.25. The molecule has 2 amide bonds. The molecule has 2 N–H and O–H groups in total. The molecule has 32 heavy (non-hydrogen) atoms. The molecule has 4 rings (SSSR count). The number of aromatic nitrogens is 2. The highest BCUT2D eigenvalue weighted by atomic mass is 19.1. The first-order valence-electron chi connectivity index (χ1n) is 11.0. The fourth-order valence-electron chi connectivity index (χ4n) is 4.08. The molecule has 0 aliphatic carbocycles.